The van der Waals surface area contributed by atoms with Crippen molar-refractivity contribution in [1.82, 2.24) is 4.98 Å². The van der Waals surface area contributed by atoms with Gasteiger partial charge in [-0.1, -0.05) is 12.1 Å². The summed E-state index contributed by atoms with van der Waals surface area (Å²) in [4.78, 5) is 6.41. The first-order chi connectivity index (χ1) is 9.10. The van der Waals surface area contributed by atoms with Crippen LogP contribution in [-0.2, 0) is 0 Å². The Bertz CT molecular complexity index is 566. The first-order valence-corrected chi connectivity index (χ1v) is 6.09. The van der Waals surface area contributed by atoms with E-state index in [4.69, 9.17) is 5.84 Å². The summed E-state index contributed by atoms with van der Waals surface area (Å²) in [6.07, 6.45) is 0. The Morgan fingerprint density at radius 3 is 2.53 bits per heavy atom. The predicted molar refractivity (Wildman–Crippen MR) is 80.8 cm³/mol. The van der Waals surface area contributed by atoms with Gasteiger partial charge in [0.05, 0.1) is 0 Å². The van der Waals surface area contributed by atoms with Crippen molar-refractivity contribution in [2.24, 2.45) is 5.84 Å². The Kier molecular flexibility index (Phi) is 3.87. The number of nitrogens with zero attached hydrogens (tertiary/aromatic N) is 2. The van der Waals surface area contributed by atoms with Gasteiger partial charge >= 0.3 is 0 Å². The van der Waals surface area contributed by atoms with Crippen molar-refractivity contribution in [3.63, 3.8) is 0 Å². The topological polar surface area (TPSA) is 66.2 Å². The fraction of sp³-hybridized carbons (Fsp3) is 0.214. The van der Waals surface area contributed by atoms with Crippen LogP contribution in [0, 0.1) is 6.92 Å². The van der Waals surface area contributed by atoms with Crippen molar-refractivity contribution in [2.75, 3.05) is 29.7 Å². The molecule has 0 unspecified atom stereocenters. The van der Waals surface area contributed by atoms with Gasteiger partial charge in [0, 0.05) is 25.5 Å². The van der Waals surface area contributed by atoms with Crippen molar-refractivity contribution in [1.29, 1.82) is 0 Å². The first-order valence-electron chi connectivity index (χ1n) is 6.09. The maximum Gasteiger partial charge on any atom is 0.142 e. The summed E-state index contributed by atoms with van der Waals surface area (Å²) >= 11 is 0. The number of aromatic nitrogens is 1. The number of aryl methyl sites for hydroxylation is 1. The molecule has 4 N–H and O–H groups in total. The standard InChI is InChI=1S/C14H19N5/c1-10-7-8-11(9-12(10)19(2)3)16-13-5-4-6-14(17-13)18-15/h4-9H,15H2,1-3H3,(H2,16,17,18). The fourth-order valence-electron chi connectivity index (χ4n) is 1.90. The van der Waals surface area contributed by atoms with Crippen LogP contribution in [0.3, 0.4) is 0 Å². The summed E-state index contributed by atoms with van der Waals surface area (Å²) < 4.78 is 0. The van der Waals surface area contributed by atoms with Gasteiger partial charge in [0.1, 0.15) is 11.6 Å². The summed E-state index contributed by atoms with van der Waals surface area (Å²) in [5, 5.41) is 3.27. The Hall–Kier alpha value is -2.27. The number of nitrogen functional groups attached to an aromatic ring is 1. The second kappa shape index (κ2) is 5.58. The van der Waals surface area contributed by atoms with E-state index in [9.17, 15) is 0 Å². The number of hydrazine groups is 1. The number of pyridine rings is 1. The summed E-state index contributed by atoms with van der Waals surface area (Å²) in [5.74, 6) is 6.73. The summed E-state index contributed by atoms with van der Waals surface area (Å²) in [6, 6.07) is 11.8. The lowest BCUT2D eigenvalue weighted by Gasteiger charge is -2.17. The molecular weight excluding hydrogens is 238 g/mol. The normalized spacial score (nSPS) is 10.1. The number of hydrogen-bond acceptors (Lipinski definition) is 5. The maximum atomic E-state index is 5.35. The van der Waals surface area contributed by atoms with E-state index in [-0.39, 0.29) is 0 Å². The van der Waals surface area contributed by atoms with Crippen LogP contribution in [-0.4, -0.2) is 19.1 Å². The Labute approximate surface area is 113 Å². The highest BCUT2D eigenvalue weighted by Gasteiger charge is 2.03. The lowest BCUT2D eigenvalue weighted by atomic mass is 10.1. The van der Waals surface area contributed by atoms with Crippen molar-refractivity contribution in [3.8, 4) is 0 Å². The van der Waals surface area contributed by atoms with Gasteiger partial charge in [-0.05, 0) is 36.8 Å². The van der Waals surface area contributed by atoms with Gasteiger partial charge in [-0.2, -0.15) is 0 Å². The Balaban J connectivity index is 2.25. The minimum atomic E-state index is 0.630. The molecule has 19 heavy (non-hydrogen) atoms. The SMILES string of the molecule is Cc1ccc(Nc2cccc(NN)n2)cc1N(C)C. The van der Waals surface area contributed by atoms with E-state index in [2.05, 4.69) is 39.7 Å². The molecule has 5 nitrogen and oxygen atoms in total. The third-order valence-corrected chi connectivity index (χ3v) is 2.86. The van der Waals surface area contributed by atoms with Crippen molar-refractivity contribution in [3.05, 3.63) is 42.0 Å². The van der Waals surface area contributed by atoms with Crippen LogP contribution in [0.5, 0.6) is 0 Å². The highest BCUT2D eigenvalue weighted by Crippen LogP contribution is 2.24. The minimum absolute atomic E-state index is 0.630. The van der Waals surface area contributed by atoms with E-state index in [1.54, 1.807) is 0 Å². The van der Waals surface area contributed by atoms with Crippen LogP contribution in [0.4, 0.5) is 23.0 Å². The second-order valence-electron chi connectivity index (χ2n) is 4.57. The zero-order chi connectivity index (χ0) is 13.8. The van der Waals surface area contributed by atoms with Gasteiger partial charge < -0.3 is 15.6 Å². The van der Waals surface area contributed by atoms with Crippen LogP contribution in [0.25, 0.3) is 0 Å². The Morgan fingerprint density at radius 2 is 1.84 bits per heavy atom. The summed E-state index contributed by atoms with van der Waals surface area (Å²) in [7, 11) is 4.06. The number of hydrogen-bond donors (Lipinski definition) is 3. The third-order valence-electron chi connectivity index (χ3n) is 2.86. The van der Waals surface area contributed by atoms with Crippen molar-refractivity contribution >= 4 is 23.0 Å². The summed E-state index contributed by atoms with van der Waals surface area (Å²) in [6.45, 7) is 2.09. The molecule has 2 aromatic rings. The van der Waals surface area contributed by atoms with Crippen LogP contribution in [0.2, 0.25) is 0 Å². The highest BCUT2D eigenvalue weighted by molar-refractivity contribution is 5.66. The minimum Gasteiger partial charge on any atom is -0.377 e. The van der Waals surface area contributed by atoms with Gasteiger partial charge in [-0.15, -0.1) is 0 Å². The molecule has 0 radical (unpaired) electrons. The van der Waals surface area contributed by atoms with Crippen LogP contribution >= 0.6 is 0 Å². The number of benzene rings is 1. The molecule has 1 aromatic carbocycles. The molecule has 0 atom stereocenters. The van der Waals surface area contributed by atoms with Crippen LogP contribution in [0.15, 0.2) is 36.4 Å². The van der Waals surface area contributed by atoms with E-state index >= 15 is 0 Å². The van der Waals surface area contributed by atoms with Crippen LogP contribution in [0.1, 0.15) is 5.56 Å². The molecule has 100 valence electrons. The molecule has 5 heteroatoms. The predicted octanol–water partition coefficient (Wildman–Crippen LogP) is 2.49. The molecule has 0 spiro atoms. The molecule has 0 amide bonds. The lowest BCUT2D eigenvalue weighted by molar-refractivity contribution is 1.11. The molecular formula is C14H19N5. The van der Waals surface area contributed by atoms with Crippen LogP contribution < -0.4 is 21.5 Å². The number of nitrogens with two attached hydrogens (primary N) is 1. The lowest BCUT2D eigenvalue weighted by Crippen LogP contribution is -2.11. The first kappa shape index (κ1) is 13.2. The van der Waals surface area contributed by atoms with Crippen molar-refractivity contribution < 1.29 is 0 Å². The van der Waals surface area contributed by atoms with Gasteiger partial charge in [0.2, 0.25) is 0 Å². The molecule has 1 aromatic heterocycles. The smallest absolute Gasteiger partial charge is 0.142 e. The summed E-state index contributed by atoms with van der Waals surface area (Å²) in [5.41, 5.74) is 5.94. The molecule has 0 fully saturated rings. The molecule has 0 saturated carbocycles. The zero-order valence-corrected chi connectivity index (χ0v) is 11.4. The Morgan fingerprint density at radius 1 is 1.11 bits per heavy atom. The number of anilines is 4. The average Bonchev–Trinajstić information content (AvgIpc) is 2.41. The fourth-order valence-corrected chi connectivity index (χ4v) is 1.90. The molecule has 0 aliphatic rings. The zero-order valence-electron chi connectivity index (χ0n) is 11.4. The second-order valence-corrected chi connectivity index (χ2v) is 4.57. The molecule has 0 saturated heterocycles. The number of nitrogens with one attached hydrogen (secondary N) is 2. The molecule has 0 aliphatic heterocycles. The quantitative estimate of drug-likeness (QED) is 0.580. The molecule has 2 rings (SSSR count). The van der Waals surface area contributed by atoms with Gasteiger partial charge in [-0.3, -0.25) is 0 Å². The van der Waals surface area contributed by atoms with E-state index < -0.39 is 0 Å². The number of rotatable bonds is 4. The van der Waals surface area contributed by atoms with Crippen molar-refractivity contribution in [2.45, 2.75) is 6.92 Å². The van der Waals surface area contributed by atoms with Gasteiger partial charge in [0.25, 0.3) is 0 Å². The maximum absolute atomic E-state index is 5.35. The average molecular weight is 257 g/mol. The van der Waals surface area contributed by atoms with E-state index in [0.29, 0.717) is 5.82 Å². The van der Waals surface area contributed by atoms with E-state index in [1.807, 2.05) is 38.4 Å². The highest BCUT2D eigenvalue weighted by atomic mass is 15.3. The molecule has 0 aliphatic carbocycles. The third kappa shape index (κ3) is 3.14. The van der Waals surface area contributed by atoms with Gasteiger partial charge in [-0.25, -0.2) is 10.8 Å². The largest absolute Gasteiger partial charge is 0.377 e. The van der Waals surface area contributed by atoms with Gasteiger partial charge in [0.15, 0.2) is 0 Å². The van der Waals surface area contributed by atoms with E-state index in [1.165, 1.54) is 11.3 Å². The monoisotopic (exact) mass is 257 g/mol. The molecule has 1 heterocycles. The molecule has 0 bridgehead atoms. The van der Waals surface area contributed by atoms with E-state index in [0.717, 1.165) is 11.5 Å².